The van der Waals surface area contributed by atoms with Crippen molar-refractivity contribution in [1.82, 2.24) is 0 Å². The van der Waals surface area contributed by atoms with Gasteiger partial charge in [0.15, 0.2) is 0 Å². The maximum Gasteiger partial charge on any atom is 0.334 e. The highest BCUT2D eigenvalue weighted by Gasteiger charge is 2.40. The zero-order valence-electron chi connectivity index (χ0n) is 10.8. The molecule has 0 aromatic carbocycles. The van der Waals surface area contributed by atoms with Gasteiger partial charge in [0.05, 0.1) is 0 Å². The number of hydrogen-bond acceptors (Lipinski definition) is 4. The molecule has 4 rings (SSSR count). The van der Waals surface area contributed by atoms with E-state index in [9.17, 15) is 9.59 Å². The Morgan fingerprint density at radius 2 is 1.95 bits per heavy atom. The van der Waals surface area contributed by atoms with Crippen LogP contribution in [0.5, 0.6) is 0 Å². The number of allylic oxidation sites excluding steroid dienone is 1. The molecular weight excluding hydrogens is 244 g/mol. The van der Waals surface area contributed by atoms with E-state index in [1.165, 1.54) is 0 Å². The highest BCUT2D eigenvalue weighted by molar-refractivity contribution is 5.92. The smallest absolute Gasteiger partial charge is 0.334 e. The van der Waals surface area contributed by atoms with Crippen molar-refractivity contribution in [3.8, 4) is 0 Å². The molecular formula is C15H16O4. The van der Waals surface area contributed by atoms with E-state index >= 15 is 0 Å². The van der Waals surface area contributed by atoms with E-state index in [1.807, 2.05) is 19.1 Å². The number of fused-ring (bicyclic) bond motifs is 3. The average molecular weight is 260 g/mol. The van der Waals surface area contributed by atoms with Gasteiger partial charge in [0, 0.05) is 29.9 Å². The molecule has 3 atom stereocenters. The highest BCUT2D eigenvalue weighted by atomic mass is 16.6. The van der Waals surface area contributed by atoms with Crippen LogP contribution in [0.1, 0.15) is 26.2 Å². The van der Waals surface area contributed by atoms with Gasteiger partial charge in [-0.3, -0.25) is 0 Å². The maximum absolute atomic E-state index is 11.9. The molecule has 0 spiro atoms. The average Bonchev–Trinajstić information content (AvgIpc) is 2.65. The van der Waals surface area contributed by atoms with Crippen LogP contribution in [0.15, 0.2) is 35.5 Å². The SMILES string of the molecule is C=C1C(=O)O[C@H]2CC3=CC[C@@H](OC3=O)/C(C)=C\C[C@H]12. The Hall–Kier alpha value is -1.84. The van der Waals surface area contributed by atoms with E-state index in [0.717, 1.165) is 5.57 Å². The number of ether oxygens (including phenoxy) is 2. The summed E-state index contributed by atoms with van der Waals surface area (Å²) in [6.45, 7) is 5.76. The van der Waals surface area contributed by atoms with Crippen LogP contribution in [-0.4, -0.2) is 24.1 Å². The largest absolute Gasteiger partial charge is 0.458 e. The van der Waals surface area contributed by atoms with Crippen LogP contribution in [0.3, 0.4) is 0 Å². The van der Waals surface area contributed by atoms with Crippen LogP contribution >= 0.6 is 0 Å². The van der Waals surface area contributed by atoms with Crippen LogP contribution in [0.25, 0.3) is 0 Å². The van der Waals surface area contributed by atoms with Gasteiger partial charge in [-0.25, -0.2) is 9.59 Å². The Kier molecular flexibility index (Phi) is 2.81. The van der Waals surface area contributed by atoms with Gasteiger partial charge in [0.1, 0.15) is 12.2 Å². The number of esters is 2. The number of carbonyl (C=O) groups excluding carboxylic acids is 2. The van der Waals surface area contributed by atoms with E-state index in [1.54, 1.807) is 0 Å². The highest BCUT2D eigenvalue weighted by Crippen LogP contribution is 2.36. The van der Waals surface area contributed by atoms with Crippen molar-refractivity contribution in [2.75, 3.05) is 0 Å². The van der Waals surface area contributed by atoms with Crippen molar-refractivity contribution in [2.45, 2.75) is 38.4 Å². The molecule has 1 fully saturated rings. The Balaban J connectivity index is 1.98. The van der Waals surface area contributed by atoms with E-state index in [2.05, 4.69) is 6.58 Å². The molecule has 1 saturated heterocycles. The lowest BCUT2D eigenvalue weighted by Gasteiger charge is -2.27. The van der Waals surface area contributed by atoms with Gasteiger partial charge < -0.3 is 9.47 Å². The van der Waals surface area contributed by atoms with Gasteiger partial charge in [0.25, 0.3) is 0 Å². The molecule has 2 bridgehead atoms. The van der Waals surface area contributed by atoms with Crippen LogP contribution in [0.4, 0.5) is 0 Å². The third-order valence-corrected chi connectivity index (χ3v) is 4.13. The summed E-state index contributed by atoms with van der Waals surface area (Å²) in [6, 6.07) is 0. The lowest BCUT2D eigenvalue weighted by Crippen LogP contribution is -2.29. The minimum Gasteiger partial charge on any atom is -0.458 e. The number of carbonyl (C=O) groups is 2. The summed E-state index contributed by atoms with van der Waals surface area (Å²) < 4.78 is 10.7. The number of rotatable bonds is 0. The third kappa shape index (κ3) is 2.01. The molecule has 3 aliphatic heterocycles. The first-order chi connectivity index (χ1) is 9.06. The minimum atomic E-state index is -0.344. The molecule has 4 heteroatoms. The van der Waals surface area contributed by atoms with Gasteiger partial charge >= 0.3 is 11.9 Å². The molecule has 100 valence electrons. The second kappa shape index (κ2) is 4.37. The van der Waals surface area contributed by atoms with E-state index in [0.29, 0.717) is 30.4 Å². The Morgan fingerprint density at radius 3 is 2.68 bits per heavy atom. The van der Waals surface area contributed by atoms with Crippen LogP contribution in [0, 0.1) is 5.92 Å². The lowest BCUT2D eigenvalue weighted by atomic mass is 9.86. The minimum absolute atomic E-state index is 0.0319. The van der Waals surface area contributed by atoms with Gasteiger partial charge in [-0.1, -0.05) is 18.7 Å². The molecule has 0 radical (unpaired) electrons. The fraction of sp³-hybridized carbons (Fsp3) is 0.467. The Morgan fingerprint density at radius 1 is 1.16 bits per heavy atom. The second-order valence-electron chi connectivity index (χ2n) is 5.32. The van der Waals surface area contributed by atoms with Gasteiger partial charge in [0.2, 0.25) is 0 Å². The molecule has 4 nitrogen and oxygen atoms in total. The Labute approximate surface area is 111 Å². The fourth-order valence-corrected chi connectivity index (χ4v) is 2.84. The van der Waals surface area contributed by atoms with Crippen molar-refractivity contribution in [3.63, 3.8) is 0 Å². The molecule has 4 aliphatic rings. The first-order valence-corrected chi connectivity index (χ1v) is 6.52. The third-order valence-electron chi connectivity index (χ3n) is 4.13. The predicted molar refractivity (Wildman–Crippen MR) is 68.1 cm³/mol. The first-order valence-electron chi connectivity index (χ1n) is 6.52. The molecule has 19 heavy (non-hydrogen) atoms. The fourth-order valence-electron chi connectivity index (χ4n) is 2.84. The van der Waals surface area contributed by atoms with Gasteiger partial charge in [-0.05, 0) is 18.9 Å². The van der Waals surface area contributed by atoms with Crippen molar-refractivity contribution in [1.29, 1.82) is 0 Å². The van der Waals surface area contributed by atoms with E-state index < -0.39 is 0 Å². The van der Waals surface area contributed by atoms with Gasteiger partial charge in [-0.2, -0.15) is 0 Å². The van der Waals surface area contributed by atoms with Crippen molar-refractivity contribution in [2.24, 2.45) is 5.92 Å². The lowest BCUT2D eigenvalue weighted by molar-refractivity contribution is -0.146. The van der Waals surface area contributed by atoms with Crippen LogP contribution in [-0.2, 0) is 19.1 Å². The summed E-state index contributed by atoms with van der Waals surface area (Å²) in [7, 11) is 0. The molecule has 0 N–H and O–H groups in total. The molecule has 1 aliphatic carbocycles. The van der Waals surface area contributed by atoms with Crippen molar-refractivity contribution in [3.05, 3.63) is 35.5 Å². The molecule has 0 saturated carbocycles. The van der Waals surface area contributed by atoms with E-state index in [-0.39, 0.29) is 30.1 Å². The molecule has 0 unspecified atom stereocenters. The maximum atomic E-state index is 11.9. The summed E-state index contributed by atoms with van der Waals surface area (Å²) in [4.78, 5) is 23.5. The molecule has 0 amide bonds. The summed E-state index contributed by atoms with van der Waals surface area (Å²) in [6.07, 6.45) is 5.32. The standard InChI is InChI=1S/C15H16O4/c1-8-3-5-11-9(2)14(16)19-13(11)7-10-4-6-12(8)18-15(10)17/h3-4,11-13H,2,5-7H2,1H3/b8-3-/t11-,12-,13+/m1/s1. The molecule has 0 aromatic heterocycles. The van der Waals surface area contributed by atoms with Crippen LogP contribution in [0.2, 0.25) is 0 Å². The van der Waals surface area contributed by atoms with Crippen molar-refractivity contribution < 1.29 is 19.1 Å². The second-order valence-corrected chi connectivity index (χ2v) is 5.32. The zero-order chi connectivity index (χ0) is 13.6. The van der Waals surface area contributed by atoms with Crippen molar-refractivity contribution >= 4 is 11.9 Å². The first kappa shape index (κ1) is 12.2. The number of hydrogen-bond donors (Lipinski definition) is 0. The predicted octanol–water partition coefficient (Wildman–Crippen LogP) is 2.07. The molecule has 0 aromatic rings. The topological polar surface area (TPSA) is 52.6 Å². The van der Waals surface area contributed by atoms with Crippen LogP contribution < -0.4 is 0 Å². The normalized spacial score (nSPS) is 36.9. The van der Waals surface area contributed by atoms with E-state index in [4.69, 9.17) is 9.47 Å². The van der Waals surface area contributed by atoms with Gasteiger partial charge in [-0.15, -0.1) is 0 Å². The summed E-state index contributed by atoms with van der Waals surface area (Å²) >= 11 is 0. The quantitative estimate of drug-likeness (QED) is 0.380. The Bertz CT molecular complexity index is 526. The molecule has 3 heterocycles. The summed E-state index contributed by atoms with van der Waals surface area (Å²) in [5, 5.41) is 0. The zero-order valence-corrected chi connectivity index (χ0v) is 10.8. The summed E-state index contributed by atoms with van der Waals surface area (Å²) in [5.41, 5.74) is 2.15. The summed E-state index contributed by atoms with van der Waals surface area (Å²) in [5.74, 6) is -0.669. The monoisotopic (exact) mass is 260 g/mol.